The molecule has 0 fully saturated rings. The van der Waals surface area contributed by atoms with Crippen LogP contribution in [0.3, 0.4) is 0 Å². The van der Waals surface area contributed by atoms with E-state index in [0.717, 1.165) is 18.9 Å². The van der Waals surface area contributed by atoms with E-state index in [1.54, 1.807) is 21.3 Å². The first-order chi connectivity index (χ1) is 13.8. The van der Waals surface area contributed by atoms with E-state index in [0.29, 0.717) is 5.92 Å². The molecule has 1 unspecified atom stereocenters. The molecule has 0 saturated carbocycles. The van der Waals surface area contributed by atoms with Crippen LogP contribution in [0.25, 0.3) is 0 Å². The Kier molecular flexibility index (Phi) is 21.7. The van der Waals surface area contributed by atoms with Crippen LogP contribution < -0.4 is 6.15 Å². The van der Waals surface area contributed by atoms with E-state index in [-0.39, 0.29) is 11.0 Å². The molecule has 0 spiro atoms. The van der Waals surface area contributed by atoms with Gasteiger partial charge in [0.05, 0.1) is 0 Å². The van der Waals surface area contributed by atoms with Gasteiger partial charge in [-0.25, -0.2) is 0 Å². The molecular weight excluding hydrogens is 414 g/mol. The summed E-state index contributed by atoms with van der Waals surface area (Å²) >= 11 is 6.71. The first-order valence-corrected chi connectivity index (χ1v) is 14.5. The van der Waals surface area contributed by atoms with E-state index in [4.69, 9.17) is 24.9 Å². The molecule has 0 bridgehead atoms. The van der Waals surface area contributed by atoms with E-state index in [1.165, 1.54) is 83.5 Å². The smallest absolute Gasteiger partial charge is 0.377 e. The normalized spacial score (nSPS) is 13.3. The molecule has 1 atom stereocenters. The van der Waals surface area contributed by atoms with Gasteiger partial charge in [-0.1, -0.05) is 84.0 Å². The summed E-state index contributed by atoms with van der Waals surface area (Å²) in [6.07, 6.45) is 20.1. The van der Waals surface area contributed by atoms with Crippen molar-refractivity contribution in [3.05, 3.63) is 0 Å². The summed E-state index contributed by atoms with van der Waals surface area (Å²) < 4.78 is 16.6. The predicted octanol–water partition coefficient (Wildman–Crippen LogP) is 8.53. The largest absolute Gasteiger partial charge is 0.500 e. The summed E-state index contributed by atoms with van der Waals surface area (Å²) in [7, 11) is 2.61. The molecular formula is C24H54ClNO3Si. The maximum atomic E-state index is 6.71. The first-order valence-electron chi connectivity index (χ1n) is 12.2. The van der Waals surface area contributed by atoms with Crippen molar-refractivity contribution in [3.63, 3.8) is 0 Å². The zero-order chi connectivity index (χ0) is 22.0. The number of halogens is 1. The molecule has 3 N–H and O–H groups in total. The van der Waals surface area contributed by atoms with Gasteiger partial charge in [0.25, 0.3) is 0 Å². The van der Waals surface area contributed by atoms with E-state index < -0.39 is 8.80 Å². The molecule has 6 heteroatoms. The lowest BCUT2D eigenvalue weighted by Crippen LogP contribution is -2.42. The molecule has 30 heavy (non-hydrogen) atoms. The summed E-state index contributed by atoms with van der Waals surface area (Å²) in [5.74, 6) is 0.532. The number of alkyl halides is 1. The fraction of sp³-hybridized carbons (Fsp3) is 1.00. The standard InChI is InChI=1S/C24H51ClO3Si.H3N/c1-7-8-9-10-11-12-13-14-15-16-17-18-20-23(24(2,3)25)21-19-22-29(26-4,27-5)28-6;/h23H,7-22H2,1-6H3;1H3. The lowest BCUT2D eigenvalue weighted by atomic mass is 9.86. The molecule has 0 radical (unpaired) electrons. The van der Waals surface area contributed by atoms with Crippen molar-refractivity contribution in [3.8, 4) is 0 Å². The third kappa shape index (κ3) is 16.0. The minimum Gasteiger partial charge on any atom is -0.377 e. The molecule has 0 heterocycles. The lowest BCUT2D eigenvalue weighted by molar-refractivity contribution is 0.122. The molecule has 0 saturated heterocycles. The molecule has 0 rings (SSSR count). The zero-order valence-electron chi connectivity index (χ0n) is 21.2. The maximum absolute atomic E-state index is 6.71. The fourth-order valence-electron chi connectivity index (χ4n) is 4.18. The van der Waals surface area contributed by atoms with Crippen molar-refractivity contribution in [1.82, 2.24) is 6.15 Å². The zero-order valence-corrected chi connectivity index (χ0v) is 23.0. The summed E-state index contributed by atoms with van der Waals surface area (Å²) in [5, 5.41) is 0. The quantitative estimate of drug-likeness (QED) is 0.104. The second kappa shape index (κ2) is 20.0. The monoisotopic (exact) mass is 467 g/mol. The molecule has 0 aromatic rings. The van der Waals surface area contributed by atoms with E-state index in [9.17, 15) is 0 Å². The highest BCUT2D eigenvalue weighted by molar-refractivity contribution is 6.60. The van der Waals surface area contributed by atoms with Gasteiger partial charge in [0.1, 0.15) is 0 Å². The van der Waals surface area contributed by atoms with Gasteiger partial charge in [0.15, 0.2) is 0 Å². The van der Waals surface area contributed by atoms with Crippen molar-refractivity contribution < 1.29 is 13.3 Å². The summed E-state index contributed by atoms with van der Waals surface area (Å²) in [4.78, 5) is -0.158. The second-order valence-electron chi connectivity index (χ2n) is 9.13. The third-order valence-corrected chi connectivity index (χ3v) is 9.49. The Morgan fingerprint density at radius 1 is 0.667 bits per heavy atom. The van der Waals surface area contributed by atoms with Crippen molar-refractivity contribution >= 4 is 20.4 Å². The average Bonchev–Trinajstić information content (AvgIpc) is 2.70. The molecule has 0 aliphatic rings. The van der Waals surface area contributed by atoms with Gasteiger partial charge in [0, 0.05) is 32.2 Å². The highest BCUT2D eigenvalue weighted by atomic mass is 35.5. The summed E-state index contributed by atoms with van der Waals surface area (Å²) in [5.41, 5.74) is 0. The van der Waals surface area contributed by atoms with Crippen LogP contribution in [0.1, 0.15) is 117 Å². The molecule has 0 aromatic carbocycles. The topological polar surface area (TPSA) is 62.7 Å². The predicted molar refractivity (Wildman–Crippen MR) is 135 cm³/mol. The Balaban J connectivity index is 0. The summed E-state index contributed by atoms with van der Waals surface area (Å²) in [6.45, 7) is 6.60. The van der Waals surface area contributed by atoms with Gasteiger partial charge in [-0.2, -0.15) is 0 Å². The Hall–Kier alpha value is 0.347. The minimum atomic E-state index is -2.46. The second-order valence-corrected chi connectivity index (χ2v) is 13.2. The minimum absolute atomic E-state index is 0. The highest BCUT2D eigenvalue weighted by Gasteiger charge is 2.37. The van der Waals surface area contributed by atoms with Crippen molar-refractivity contribution in [2.45, 2.75) is 128 Å². The number of rotatable bonds is 21. The number of hydrogen-bond donors (Lipinski definition) is 1. The van der Waals surface area contributed by atoms with Crippen LogP contribution in [0, 0.1) is 5.92 Å². The van der Waals surface area contributed by atoms with Crippen molar-refractivity contribution in [2.24, 2.45) is 5.92 Å². The van der Waals surface area contributed by atoms with E-state index >= 15 is 0 Å². The van der Waals surface area contributed by atoms with Crippen molar-refractivity contribution in [2.75, 3.05) is 21.3 Å². The Labute approximate surface area is 195 Å². The van der Waals surface area contributed by atoms with Crippen LogP contribution in [0.4, 0.5) is 0 Å². The summed E-state index contributed by atoms with van der Waals surface area (Å²) in [6, 6.07) is 0.860. The van der Waals surface area contributed by atoms with Crippen LogP contribution >= 0.6 is 11.6 Å². The van der Waals surface area contributed by atoms with Crippen molar-refractivity contribution in [1.29, 1.82) is 0 Å². The maximum Gasteiger partial charge on any atom is 0.500 e. The Morgan fingerprint density at radius 2 is 1.03 bits per heavy atom. The lowest BCUT2D eigenvalue weighted by Gasteiger charge is -2.30. The van der Waals surface area contributed by atoms with Gasteiger partial charge >= 0.3 is 8.80 Å². The van der Waals surface area contributed by atoms with E-state index in [2.05, 4.69) is 20.8 Å². The van der Waals surface area contributed by atoms with Gasteiger partial charge < -0.3 is 19.4 Å². The molecule has 0 aromatic heterocycles. The van der Waals surface area contributed by atoms with Gasteiger partial charge in [-0.15, -0.1) is 11.6 Å². The van der Waals surface area contributed by atoms with Crippen LogP contribution in [0.15, 0.2) is 0 Å². The van der Waals surface area contributed by atoms with E-state index in [1.807, 2.05) is 0 Å². The first kappa shape index (κ1) is 32.5. The van der Waals surface area contributed by atoms with Crippen LogP contribution in [-0.4, -0.2) is 35.0 Å². The fourth-order valence-corrected chi connectivity index (χ4v) is 6.15. The Morgan fingerprint density at radius 3 is 1.40 bits per heavy atom. The average molecular weight is 468 g/mol. The van der Waals surface area contributed by atoms with Crippen LogP contribution in [0.2, 0.25) is 6.04 Å². The van der Waals surface area contributed by atoms with Gasteiger partial charge in [0.2, 0.25) is 0 Å². The SMILES string of the molecule is CCCCCCCCCCCCCCC(CCC[Si](OC)(OC)OC)C(C)(C)Cl.N. The number of unbranched alkanes of at least 4 members (excludes halogenated alkanes) is 11. The Bertz CT molecular complexity index is 355. The van der Waals surface area contributed by atoms with Gasteiger partial charge in [-0.3, -0.25) is 0 Å². The number of hydrogen-bond acceptors (Lipinski definition) is 4. The highest BCUT2D eigenvalue weighted by Crippen LogP contribution is 2.34. The molecule has 0 amide bonds. The third-order valence-electron chi connectivity index (χ3n) is 6.35. The molecule has 0 aliphatic carbocycles. The molecule has 4 nitrogen and oxygen atoms in total. The van der Waals surface area contributed by atoms with Crippen LogP contribution in [0.5, 0.6) is 0 Å². The molecule has 184 valence electrons. The van der Waals surface area contributed by atoms with Crippen LogP contribution in [-0.2, 0) is 13.3 Å². The molecule has 0 aliphatic heterocycles. The van der Waals surface area contributed by atoms with Gasteiger partial charge in [-0.05, 0) is 39.0 Å².